The molecule has 0 aromatic heterocycles. The molecule has 6 nitrogen and oxygen atoms in total. The van der Waals surface area contributed by atoms with Crippen LogP contribution in [-0.2, 0) is 16.0 Å². The van der Waals surface area contributed by atoms with Crippen LogP contribution in [0.15, 0.2) is 18.2 Å². The van der Waals surface area contributed by atoms with Crippen LogP contribution in [0.2, 0.25) is 0 Å². The fraction of sp³-hybridized carbons (Fsp3) is 0.438. The largest absolute Gasteiger partial charge is 0.450 e. The van der Waals surface area contributed by atoms with Gasteiger partial charge in [0.2, 0.25) is 5.91 Å². The molecule has 0 aliphatic carbocycles. The fourth-order valence-electron chi connectivity index (χ4n) is 1.94. The van der Waals surface area contributed by atoms with Crippen molar-refractivity contribution in [1.29, 1.82) is 0 Å². The van der Waals surface area contributed by atoms with E-state index in [2.05, 4.69) is 22.9 Å². The Morgan fingerprint density at radius 3 is 2.52 bits per heavy atom. The zero-order valence-corrected chi connectivity index (χ0v) is 14.5. The van der Waals surface area contributed by atoms with Crippen LogP contribution < -0.4 is 16.0 Å². The Labute approximate surface area is 142 Å². The maximum atomic E-state index is 11.4. The van der Waals surface area contributed by atoms with E-state index in [-0.39, 0.29) is 17.6 Å². The van der Waals surface area contributed by atoms with Crippen molar-refractivity contribution in [3.8, 4) is 0 Å². The Balaban J connectivity index is 2.87. The Hall–Kier alpha value is -2.15. The minimum atomic E-state index is -0.617. The highest BCUT2D eigenvalue weighted by Crippen LogP contribution is 2.24. The van der Waals surface area contributed by atoms with Gasteiger partial charge in [-0.2, -0.15) is 0 Å². The van der Waals surface area contributed by atoms with E-state index in [9.17, 15) is 9.59 Å². The number of benzene rings is 1. The molecule has 0 heterocycles. The summed E-state index contributed by atoms with van der Waals surface area (Å²) in [5.74, 6) is -0.182. The van der Waals surface area contributed by atoms with Crippen molar-refractivity contribution in [3.05, 3.63) is 23.8 Å². The number of alkyl carbamates (subject to hydrolysis) is 1. The smallest absolute Gasteiger partial charge is 0.413 e. The number of ether oxygens (including phenoxy) is 1. The molecule has 0 radical (unpaired) electrons. The molecule has 0 aliphatic heterocycles. The lowest BCUT2D eigenvalue weighted by atomic mass is 10.1. The second kappa shape index (κ2) is 9.78. The first-order valence-corrected chi connectivity index (χ1v) is 8.02. The van der Waals surface area contributed by atoms with E-state index in [1.807, 2.05) is 18.2 Å². The lowest BCUT2D eigenvalue weighted by Gasteiger charge is -2.15. The molecule has 1 aromatic rings. The average molecular weight is 337 g/mol. The third kappa shape index (κ3) is 7.10. The third-order valence-electron chi connectivity index (χ3n) is 2.95. The highest BCUT2D eigenvalue weighted by Gasteiger charge is 2.10. The molecule has 126 valence electrons. The third-order valence-corrected chi connectivity index (χ3v) is 3.16. The fourth-order valence-corrected chi connectivity index (χ4v) is 2.14. The first-order chi connectivity index (χ1) is 11.0. The Kier molecular flexibility index (Phi) is 8.04. The number of carbonyl (C=O) groups is 2. The molecule has 0 unspecified atom stereocenters. The molecule has 1 rings (SSSR count). The zero-order chi connectivity index (χ0) is 17.2. The van der Waals surface area contributed by atoms with Crippen molar-refractivity contribution >= 4 is 40.7 Å². The van der Waals surface area contributed by atoms with Crippen LogP contribution in [0.5, 0.6) is 0 Å². The van der Waals surface area contributed by atoms with Crippen molar-refractivity contribution in [3.63, 3.8) is 0 Å². The minimum absolute atomic E-state index is 0.114. The summed E-state index contributed by atoms with van der Waals surface area (Å²) in [4.78, 5) is 22.7. The van der Waals surface area contributed by atoms with Crippen molar-refractivity contribution in [2.75, 3.05) is 17.2 Å². The number of unbranched alkanes of at least 4 members (excludes halogenated alkanes) is 1. The number of nitrogens with one attached hydrogen (secondary N) is 3. The summed E-state index contributed by atoms with van der Waals surface area (Å²) >= 11 is 5.09. The highest BCUT2D eigenvalue weighted by molar-refractivity contribution is 7.80. The number of rotatable bonds is 6. The van der Waals surface area contributed by atoms with E-state index in [0.29, 0.717) is 11.4 Å². The zero-order valence-electron chi connectivity index (χ0n) is 13.7. The number of hydrogen-bond acceptors (Lipinski definition) is 4. The van der Waals surface area contributed by atoms with Crippen molar-refractivity contribution in [2.45, 2.75) is 40.0 Å². The molecule has 2 amide bonds. The summed E-state index contributed by atoms with van der Waals surface area (Å²) in [7, 11) is 0. The van der Waals surface area contributed by atoms with E-state index in [0.717, 1.165) is 24.8 Å². The molecule has 0 saturated heterocycles. The predicted molar refractivity (Wildman–Crippen MR) is 95.7 cm³/mol. The van der Waals surface area contributed by atoms with Crippen molar-refractivity contribution in [2.24, 2.45) is 0 Å². The summed E-state index contributed by atoms with van der Waals surface area (Å²) in [5.41, 5.74) is 2.36. The van der Waals surface area contributed by atoms with E-state index in [4.69, 9.17) is 17.0 Å². The monoisotopic (exact) mass is 337 g/mol. The first kappa shape index (κ1) is 18.9. The predicted octanol–water partition coefficient (Wildman–Crippen LogP) is 3.43. The van der Waals surface area contributed by atoms with Gasteiger partial charge in [-0.3, -0.25) is 10.1 Å². The van der Waals surface area contributed by atoms with Gasteiger partial charge in [0.1, 0.15) is 0 Å². The van der Waals surface area contributed by atoms with Gasteiger partial charge < -0.3 is 15.4 Å². The van der Waals surface area contributed by atoms with E-state index < -0.39 is 6.09 Å². The van der Waals surface area contributed by atoms with Crippen molar-refractivity contribution in [1.82, 2.24) is 5.32 Å². The van der Waals surface area contributed by atoms with E-state index in [1.54, 1.807) is 6.92 Å². The summed E-state index contributed by atoms with van der Waals surface area (Å²) in [5, 5.41) is 8.19. The number of carbonyl (C=O) groups excluding carboxylic acids is 2. The molecule has 1 aromatic carbocycles. The Bertz CT molecular complexity index is 576. The minimum Gasteiger partial charge on any atom is -0.450 e. The Morgan fingerprint density at radius 1 is 1.17 bits per heavy atom. The average Bonchev–Trinajstić information content (AvgIpc) is 2.47. The first-order valence-electron chi connectivity index (χ1n) is 7.61. The molecule has 0 spiro atoms. The molecule has 0 aliphatic rings. The second-order valence-corrected chi connectivity index (χ2v) is 5.37. The number of hydrogen-bond donors (Lipinski definition) is 3. The molecular weight excluding hydrogens is 314 g/mol. The molecular formula is C16H23N3O3S. The topological polar surface area (TPSA) is 79.5 Å². The van der Waals surface area contributed by atoms with Gasteiger partial charge in [0.05, 0.1) is 18.0 Å². The lowest BCUT2D eigenvalue weighted by Crippen LogP contribution is -2.34. The van der Waals surface area contributed by atoms with Crippen molar-refractivity contribution < 1.29 is 14.3 Å². The number of aryl methyl sites for hydroxylation is 1. The van der Waals surface area contributed by atoms with Gasteiger partial charge in [-0.15, -0.1) is 0 Å². The second-order valence-electron chi connectivity index (χ2n) is 4.96. The van der Waals surface area contributed by atoms with Crippen LogP contribution in [-0.4, -0.2) is 23.7 Å². The molecule has 7 heteroatoms. The number of amides is 2. The molecule has 3 N–H and O–H groups in total. The standard InChI is InChI=1S/C16H23N3O3S/c1-4-6-7-12-8-9-13(17-11(3)20)14(10-12)18-15(23)19-16(21)22-5-2/h8-10H,4-7H2,1-3H3,(H,17,20)(H2,18,19,21,23). The van der Waals surface area contributed by atoms with Gasteiger partial charge >= 0.3 is 6.09 Å². The van der Waals surface area contributed by atoms with Gasteiger partial charge in [-0.05, 0) is 49.7 Å². The van der Waals surface area contributed by atoms with Gasteiger partial charge in [0, 0.05) is 6.92 Å². The maximum absolute atomic E-state index is 11.4. The summed E-state index contributed by atoms with van der Waals surface area (Å²) in [6.45, 7) is 5.54. The van der Waals surface area contributed by atoms with Crippen LogP contribution in [0, 0.1) is 0 Å². The molecule has 0 bridgehead atoms. The Morgan fingerprint density at radius 2 is 1.91 bits per heavy atom. The van der Waals surface area contributed by atoms with E-state index >= 15 is 0 Å². The quantitative estimate of drug-likeness (QED) is 0.693. The molecule has 0 atom stereocenters. The maximum Gasteiger partial charge on any atom is 0.413 e. The van der Waals surface area contributed by atoms with Crippen LogP contribution in [0.1, 0.15) is 39.2 Å². The summed E-state index contributed by atoms with van der Waals surface area (Å²) in [6.07, 6.45) is 2.49. The number of anilines is 2. The summed E-state index contributed by atoms with van der Waals surface area (Å²) < 4.78 is 4.77. The van der Waals surface area contributed by atoms with E-state index in [1.165, 1.54) is 6.92 Å². The van der Waals surface area contributed by atoms with Gasteiger partial charge in [0.15, 0.2) is 5.11 Å². The van der Waals surface area contributed by atoms with Gasteiger partial charge in [0.25, 0.3) is 0 Å². The van der Waals surface area contributed by atoms with Gasteiger partial charge in [-0.25, -0.2) is 4.79 Å². The van der Waals surface area contributed by atoms with Gasteiger partial charge in [-0.1, -0.05) is 19.4 Å². The lowest BCUT2D eigenvalue weighted by molar-refractivity contribution is -0.114. The highest BCUT2D eigenvalue weighted by atomic mass is 32.1. The summed E-state index contributed by atoms with van der Waals surface area (Å²) in [6, 6.07) is 5.70. The molecule has 0 saturated carbocycles. The molecule has 0 fully saturated rings. The van der Waals surface area contributed by atoms with Crippen LogP contribution in [0.3, 0.4) is 0 Å². The number of thiocarbonyl (C=S) groups is 1. The molecule has 23 heavy (non-hydrogen) atoms. The van der Waals surface area contributed by atoms with Crippen LogP contribution in [0.4, 0.5) is 16.2 Å². The van der Waals surface area contributed by atoms with Crippen LogP contribution >= 0.6 is 12.2 Å². The normalized spacial score (nSPS) is 9.87. The SMILES string of the molecule is CCCCc1ccc(NC(C)=O)c(NC(=S)NC(=O)OCC)c1. The van der Waals surface area contributed by atoms with Crippen LogP contribution in [0.25, 0.3) is 0 Å².